The molecule has 0 spiro atoms. The minimum absolute atomic E-state index is 0.0487. The number of aliphatic hydroxyl groups is 2. The summed E-state index contributed by atoms with van der Waals surface area (Å²) in [6, 6.07) is 0. The van der Waals surface area contributed by atoms with Gasteiger partial charge >= 0.3 is 6.18 Å². The Kier molecular flexibility index (Phi) is 4.39. The second-order valence-corrected chi connectivity index (χ2v) is 1.99. The number of aliphatic hydroxyl groups excluding tert-OH is 2. The van der Waals surface area contributed by atoms with Crippen LogP contribution < -0.4 is 5.32 Å². The van der Waals surface area contributed by atoms with Crippen molar-refractivity contribution in [3.05, 3.63) is 0 Å². The molecular weight excluding hydrogens is 163 g/mol. The zero-order valence-electron chi connectivity index (χ0n) is 5.73. The van der Waals surface area contributed by atoms with Gasteiger partial charge in [0, 0.05) is 13.1 Å². The summed E-state index contributed by atoms with van der Waals surface area (Å²) in [6.45, 7) is -0.776. The van der Waals surface area contributed by atoms with Crippen molar-refractivity contribution in [2.75, 3.05) is 19.7 Å². The van der Waals surface area contributed by atoms with Crippen LogP contribution in [-0.4, -0.2) is 42.2 Å². The molecule has 0 amide bonds. The van der Waals surface area contributed by atoms with E-state index in [0.29, 0.717) is 0 Å². The molecule has 3 N–H and O–H groups in total. The molecule has 6 heteroatoms. The third kappa shape index (κ3) is 5.00. The summed E-state index contributed by atoms with van der Waals surface area (Å²) in [7, 11) is 0. The van der Waals surface area contributed by atoms with E-state index in [4.69, 9.17) is 10.2 Å². The number of alkyl halides is 3. The number of halogens is 3. The molecule has 0 radical (unpaired) electrons. The van der Waals surface area contributed by atoms with E-state index in [1.165, 1.54) is 0 Å². The zero-order valence-corrected chi connectivity index (χ0v) is 5.73. The lowest BCUT2D eigenvalue weighted by Crippen LogP contribution is -2.39. The van der Waals surface area contributed by atoms with Crippen LogP contribution in [0.25, 0.3) is 0 Å². The van der Waals surface area contributed by atoms with Crippen molar-refractivity contribution in [3.63, 3.8) is 0 Å². The second-order valence-electron chi connectivity index (χ2n) is 1.99. The Hall–Kier alpha value is -0.330. The highest BCUT2D eigenvalue weighted by Gasteiger charge is 2.37. The van der Waals surface area contributed by atoms with Crippen LogP contribution in [0.3, 0.4) is 0 Å². The van der Waals surface area contributed by atoms with E-state index in [9.17, 15) is 13.2 Å². The SMILES string of the molecule is OCCNCC(O)C(F)(F)F. The Bertz CT molecular complexity index is 106. The quantitative estimate of drug-likeness (QED) is 0.502. The maximum atomic E-state index is 11.5. The monoisotopic (exact) mass is 173 g/mol. The first-order valence-electron chi connectivity index (χ1n) is 3.05. The van der Waals surface area contributed by atoms with Crippen molar-refractivity contribution in [3.8, 4) is 0 Å². The summed E-state index contributed by atoms with van der Waals surface area (Å²) in [5.41, 5.74) is 0. The first kappa shape index (κ1) is 10.7. The van der Waals surface area contributed by atoms with E-state index < -0.39 is 18.8 Å². The van der Waals surface area contributed by atoms with Gasteiger partial charge < -0.3 is 15.5 Å². The van der Waals surface area contributed by atoms with Crippen LogP contribution in [0, 0.1) is 0 Å². The highest BCUT2D eigenvalue weighted by Crippen LogP contribution is 2.18. The van der Waals surface area contributed by atoms with Crippen LogP contribution in [0.4, 0.5) is 13.2 Å². The molecule has 11 heavy (non-hydrogen) atoms. The molecule has 0 heterocycles. The molecule has 0 saturated carbocycles. The zero-order chi connectivity index (χ0) is 8.91. The average molecular weight is 173 g/mol. The van der Waals surface area contributed by atoms with Crippen LogP contribution in [0.5, 0.6) is 0 Å². The molecule has 0 rings (SSSR count). The molecule has 68 valence electrons. The summed E-state index contributed by atoms with van der Waals surface area (Å²) in [5, 5.41) is 18.7. The topological polar surface area (TPSA) is 52.5 Å². The molecule has 0 aromatic heterocycles. The largest absolute Gasteiger partial charge is 0.415 e. The van der Waals surface area contributed by atoms with Gasteiger partial charge in [0.25, 0.3) is 0 Å². The fourth-order valence-electron chi connectivity index (χ4n) is 0.434. The van der Waals surface area contributed by atoms with Crippen LogP contribution in [0.15, 0.2) is 0 Å². The molecule has 3 nitrogen and oxygen atoms in total. The minimum Gasteiger partial charge on any atom is -0.395 e. The van der Waals surface area contributed by atoms with Gasteiger partial charge in [0.05, 0.1) is 6.61 Å². The van der Waals surface area contributed by atoms with Gasteiger partial charge in [-0.25, -0.2) is 0 Å². The van der Waals surface area contributed by atoms with E-state index in [-0.39, 0.29) is 13.2 Å². The Morgan fingerprint density at radius 3 is 2.27 bits per heavy atom. The highest BCUT2D eigenvalue weighted by atomic mass is 19.4. The Balaban J connectivity index is 3.44. The summed E-state index contributed by atoms with van der Waals surface area (Å²) < 4.78 is 34.6. The number of hydrogen-bond donors (Lipinski definition) is 3. The third-order valence-electron chi connectivity index (χ3n) is 1.00. The van der Waals surface area contributed by atoms with Gasteiger partial charge in [-0.2, -0.15) is 13.2 Å². The minimum atomic E-state index is -4.58. The lowest BCUT2D eigenvalue weighted by molar-refractivity contribution is -0.201. The first-order chi connectivity index (χ1) is 4.98. The lowest BCUT2D eigenvalue weighted by atomic mass is 10.3. The summed E-state index contributed by atoms with van der Waals surface area (Å²) in [4.78, 5) is 0. The summed E-state index contributed by atoms with van der Waals surface area (Å²) in [6.07, 6.45) is -6.93. The van der Waals surface area contributed by atoms with Gasteiger partial charge in [0.1, 0.15) is 0 Å². The van der Waals surface area contributed by atoms with Gasteiger partial charge in [-0.15, -0.1) is 0 Å². The molecule has 0 aliphatic rings. The van der Waals surface area contributed by atoms with Crippen molar-refractivity contribution in [1.82, 2.24) is 5.32 Å². The third-order valence-corrected chi connectivity index (χ3v) is 1.00. The Morgan fingerprint density at radius 2 is 1.91 bits per heavy atom. The average Bonchev–Trinajstić information content (AvgIpc) is 1.86. The van der Waals surface area contributed by atoms with Crippen LogP contribution in [0.1, 0.15) is 0 Å². The molecule has 0 aliphatic heterocycles. The van der Waals surface area contributed by atoms with Crippen LogP contribution in [-0.2, 0) is 0 Å². The second kappa shape index (κ2) is 4.53. The lowest BCUT2D eigenvalue weighted by Gasteiger charge is -2.14. The predicted octanol–water partition coefficient (Wildman–Crippen LogP) is -0.509. The van der Waals surface area contributed by atoms with Gasteiger partial charge in [-0.05, 0) is 0 Å². The smallest absolute Gasteiger partial charge is 0.395 e. The molecule has 0 fully saturated rings. The van der Waals surface area contributed by atoms with Crippen LogP contribution >= 0.6 is 0 Å². The standard InChI is InChI=1S/C5H10F3NO2/c6-5(7,8)4(11)3-9-1-2-10/h4,9-11H,1-3H2. The van der Waals surface area contributed by atoms with E-state index in [1.54, 1.807) is 0 Å². The maximum Gasteiger partial charge on any atom is 0.415 e. The number of hydrogen-bond acceptors (Lipinski definition) is 3. The van der Waals surface area contributed by atoms with Crippen LogP contribution in [0.2, 0.25) is 0 Å². The van der Waals surface area contributed by atoms with Crippen molar-refractivity contribution < 1.29 is 23.4 Å². The molecule has 0 aromatic rings. The molecular formula is C5H10F3NO2. The Labute approximate surface area is 61.8 Å². The van der Waals surface area contributed by atoms with E-state index >= 15 is 0 Å². The van der Waals surface area contributed by atoms with Gasteiger partial charge in [0.15, 0.2) is 6.10 Å². The van der Waals surface area contributed by atoms with Crippen molar-refractivity contribution >= 4 is 0 Å². The van der Waals surface area contributed by atoms with Crippen molar-refractivity contribution in [1.29, 1.82) is 0 Å². The molecule has 0 bridgehead atoms. The molecule has 0 aromatic carbocycles. The van der Waals surface area contributed by atoms with Crippen molar-refractivity contribution in [2.45, 2.75) is 12.3 Å². The maximum absolute atomic E-state index is 11.5. The highest BCUT2D eigenvalue weighted by molar-refractivity contribution is 4.67. The number of nitrogens with one attached hydrogen (secondary N) is 1. The van der Waals surface area contributed by atoms with E-state index in [1.807, 2.05) is 0 Å². The van der Waals surface area contributed by atoms with Crippen molar-refractivity contribution in [2.24, 2.45) is 0 Å². The molecule has 0 aliphatic carbocycles. The fraction of sp³-hybridized carbons (Fsp3) is 1.00. The molecule has 0 saturated heterocycles. The molecule has 1 unspecified atom stereocenters. The van der Waals surface area contributed by atoms with Gasteiger partial charge in [-0.3, -0.25) is 0 Å². The first-order valence-corrected chi connectivity index (χ1v) is 3.05. The molecule has 1 atom stereocenters. The van der Waals surface area contributed by atoms with Gasteiger partial charge in [-0.1, -0.05) is 0 Å². The van der Waals surface area contributed by atoms with E-state index in [0.717, 1.165) is 0 Å². The summed E-state index contributed by atoms with van der Waals surface area (Å²) >= 11 is 0. The number of rotatable bonds is 4. The van der Waals surface area contributed by atoms with E-state index in [2.05, 4.69) is 5.32 Å². The predicted molar refractivity (Wildman–Crippen MR) is 32.0 cm³/mol. The summed E-state index contributed by atoms with van der Waals surface area (Å²) in [5.74, 6) is 0. The fourth-order valence-corrected chi connectivity index (χ4v) is 0.434. The normalized spacial score (nSPS) is 15.0. The van der Waals surface area contributed by atoms with Gasteiger partial charge in [0.2, 0.25) is 0 Å². The Morgan fingerprint density at radius 1 is 1.36 bits per heavy atom.